The summed E-state index contributed by atoms with van der Waals surface area (Å²) >= 11 is 0. The Kier molecular flexibility index (Phi) is 10.9. The molecule has 9 heteroatoms. The van der Waals surface area contributed by atoms with Crippen LogP contribution in [0.15, 0.2) is 29.4 Å². The van der Waals surface area contributed by atoms with Crippen molar-refractivity contribution in [1.82, 2.24) is 20.9 Å². The van der Waals surface area contributed by atoms with E-state index in [4.69, 9.17) is 4.74 Å². The summed E-state index contributed by atoms with van der Waals surface area (Å²) in [5.41, 5.74) is 1.49. The number of aliphatic imine (C=N–C) groups is 1. The van der Waals surface area contributed by atoms with Crippen molar-refractivity contribution >= 4 is 46.9 Å². The number of ether oxygens (including phenoxy) is 1. The molecule has 0 fully saturated rings. The highest BCUT2D eigenvalue weighted by Crippen LogP contribution is 2.19. The molecule has 1 heterocycles. The molecule has 30 heavy (non-hydrogen) atoms. The molecule has 1 amide bonds. The lowest BCUT2D eigenvalue weighted by Gasteiger charge is -2.19. The number of halogens is 2. The van der Waals surface area contributed by atoms with E-state index in [2.05, 4.69) is 25.9 Å². The summed E-state index contributed by atoms with van der Waals surface area (Å²) in [4.78, 5) is 19.3. The lowest BCUT2D eigenvalue weighted by molar-refractivity contribution is 0.0527. The molecule has 0 bridgehead atoms. The molecule has 0 aliphatic heterocycles. The molecule has 0 saturated carbocycles. The fourth-order valence-electron chi connectivity index (χ4n) is 2.79. The van der Waals surface area contributed by atoms with Gasteiger partial charge in [0.1, 0.15) is 11.4 Å². The molecule has 0 aliphatic rings. The minimum Gasteiger partial charge on any atom is -0.444 e. The Hall–Kier alpha value is -2.04. The topological polar surface area (TPSA) is 90.5 Å². The third kappa shape index (κ3) is 9.19. The SMILES string of the molecule is CCNC(=NCCCNC(=O)OC(C)(C)C)NCCc1c[nH]c2ccc(F)cc12.I. The van der Waals surface area contributed by atoms with Crippen LogP contribution in [0.3, 0.4) is 0 Å². The Morgan fingerprint density at radius 1 is 1.20 bits per heavy atom. The van der Waals surface area contributed by atoms with E-state index in [1.165, 1.54) is 6.07 Å². The van der Waals surface area contributed by atoms with Gasteiger partial charge < -0.3 is 25.7 Å². The Morgan fingerprint density at radius 3 is 2.67 bits per heavy atom. The van der Waals surface area contributed by atoms with Crippen LogP contribution in [0, 0.1) is 5.82 Å². The van der Waals surface area contributed by atoms with Crippen LogP contribution >= 0.6 is 24.0 Å². The highest BCUT2D eigenvalue weighted by molar-refractivity contribution is 14.0. The number of guanidine groups is 1. The first-order valence-electron chi connectivity index (χ1n) is 10.0. The van der Waals surface area contributed by atoms with Gasteiger partial charge >= 0.3 is 6.09 Å². The molecular formula is C21H33FIN5O2. The minimum absolute atomic E-state index is 0. The van der Waals surface area contributed by atoms with Crippen molar-refractivity contribution < 1.29 is 13.9 Å². The third-order valence-electron chi connectivity index (χ3n) is 4.03. The number of nitrogens with one attached hydrogen (secondary N) is 4. The standard InChI is InChI=1S/C21H32FN5O2.HI/c1-5-23-19(24-10-6-11-26-20(28)29-21(2,3)4)25-12-9-15-14-27-18-8-7-16(22)13-17(15)18;/h7-8,13-14,27H,5-6,9-12H2,1-4H3,(H,26,28)(H2,23,24,25);1H. The van der Waals surface area contributed by atoms with Gasteiger partial charge in [0.15, 0.2) is 5.96 Å². The number of benzene rings is 1. The molecule has 1 aromatic carbocycles. The first kappa shape index (κ1) is 26.0. The van der Waals surface area contributed by atoms with E-state index in [0.717, 1.165) is 35.4 Å². The van der Waals surface area contributed by atoms with Gasteiger partial charge in [-0.1, -0.05) is 0 Å². The zero-order valence-electron chi connectivity index (χ0n) is 18.1. The van der Waals surface area contributed by atoms with Gasteiger partial charge in [0, 0.05) is 43.3 Å². The second kappa shape index (κ2) is 12.6. The van der Waals surface area contributed by atoms with Crippen LogP contribution in [-0.2, 0) is 11.2 Å². The molecule has 2 aromatic rings. The zero-order chi connectivity index (χ0) is 21.3. The smallest absolute Gasteiger partial charge is 0.407 e. The summed E-state index contributed by atoms with van der Waals surface area (Å²) in [6, 6.07) is 4.75. The fourth-order valence-corrected chi connectivity index (χ4v) is 2.79. The first-order chi connectivity index (χ1) is 13.8. The van der Waals surface area contributed by atoms with Gasteiger partial charge in [-0.05, 0) is 64.3 Å². The molecule has 0 atom stereocenters. The van der Waals surface area contributed by atoms with Gasteiger partial charge in [-0.2, -0.15) is 0 Å². The number of nitrogens with zero attached hydrogens (tertiary/aromatic N) is 1. The van der Waals surface area contributed by atoms with E-state index < -0.39 is 11.7 Å². The van der Waals surface area contributed by atoms with Gasteiger partial charge in [-0.3, -0.25) is 4.99 Å². The van der Waals surface area contributed by atoms with E-state index >= 15 is 0 Å². The number of amides is 1. The summed E-state index contributed by atoms with van der Waals surface area (Å²) in [5.74, 6) is 0.483. The normalized spacial score (nSPS) is 11.7. The molecule has 168 valence electrons. The highest BCUT2D eigenvalue weighted by atomic mass is 127. The van der Waals surface area contributed by atoms with Crippen LogP contribution in [0.1, 0.15) is 39.7 Å². The number of hydrogen-bond acceptors (Lipinski definition) is 3. The van der Waals surface area contributed by atoms with Crippen molar-refractivity contribution in [2.75, 3.05) is 26.2 Å². The van der Waals surface area contributed by atoms with E-state index in [1.807, 2.05) is 33.9 Å². The van der Waals surface area contributed by atoms with Gasteiger partial charge in [0.2, 0.25) is 0 Å². The molecule has 4 N–H and O–H groups in total. The number of hydrogen-bond donors (Lipinski definition) is 4. The maximum Gasteiger partial charge on any atom is 0.407 e. The molecular weight excluding hydrogens is 500 g/mol. The number of H-pyrrole nitrogens is 1. The first-order valence-corrected chi connectivity index (χ1v) is 10.0. The zero-order valence-corrected chi connectivity index (χ0v) is 20.4. The summed E-state index contributed by atoms with van der Waals surface area (Å²) in [6.07, 6.45) is 2.95. The van der Waals surface area contributed by atoms with Crippen molar-refractivity contribution in [3.63, 3.8) is 0 Å². The van der Waals surface area contributed by atoms with Crippen molar-refractivity contribution in [1.29, 1.82) is 0 Å². The van der Waals surface area contributed by atoms with Crippen LogP contribution in [-0.4, -0.2) is 48.8 Å². The predicted molar refractivity (Wildman–Crippen MR) is 130 cm³/mol. The van der Waals surface area contributed by atoms with Crippen LogP contribution in [0.5, 0.6) is 0 Å². The van der Waals surface area contributed by atoms with Crippen LogP contribution in [0.25, 0.3) is 10.9 Å². The predicted octanol–water partition coefficient (Wildman–Crippen LogP) is 3.94. The summed E-state index contributed by atoms with van der Waals surface area (Å²) in [6.45, 7) is 9.99. The van der Waals surface area contributed by atoms with Crippen LogP contribution in [0.4, 0.5) is 9.18 Å². The number of fused-ring (bicyclic) bond motifs is 1. The summed E-state index contributed by atoms with van der Waals surface area (Å²) in [7, 11) is 0. The van der Waals surface area contributed by atoms with Gasteiger partial charge in [0.25, 0.3) is 0 Å². The van der Waals surface area contributed by atoms with E-state index in [1.54, 1.807) is 12.1 Å². The third-order valence-corrected chi connectivity index (χ3v) is 4.03. The molecule has 0 saturated heterocycles. The van der Waals surface area contributed by atoms with Crippen molar-refractivity contribution in [2.45, 2.75) is 46.1 Å². The monoisotopic (exact) mass is 533 g/mol. The number of rotatable bonds is 8. The van der Waals surface area contributed by atoms with Crippen molar-refractivity contribution in [2.24, 2.45) is 4.99 Å². The second-order valence-corrected chi connectivity index (χ2v) is 7.72. The molecule has 7 nitrogen and oxygen atoms in total. The largest absolute Gasteiger partial charge is 0.444 e. The van der Waals surface area contributed by atoms with Gasteiger partial charge in [-0.25, -0.2) is 9.18 Å². The van der Waals surface area contributed by atoms with Crippen molar-refractivity contribution in [3.05, 3.63) is 35.8 Å². The van der Waals surface area contributed by atoms with Crippen LogP contribution < -0.4 is 16.0 Å². The fraction of sp³-hybridized carbons (Fsp3) is 0.524. The van der Waals surface area contributed by atoms with Crippen LogP contribution in [0.2, 0.25) is 0 Å². The summed E-state index contributed by atoms with van der Waals surface area (Å²) in [5, 5.41) is 10.1. The highest BCUT2D eigenvalue weighted by Gasteiger charge is 2.15. The molecule has 0 radical (unpaired) electrons. The number of alkyl carbamates (subject to hydrolysis) is 1. The second-order valence-electron chi connectivity index (χ2n) is 7.72. The van der Waals surface area contributed by atoms with Gasteiger partial charge in [0.05, 0.1) is 0 Å². The van der Waals surface area contributed by atoms with E-state index in [9.17, 15) is 9.18 Å². The average molecular weight is 533 g/mol. The van der Waals surface area contributed by atoms with Gasteiger partial charge in [-0.15, -0.1) is 24.0 Å². The maximum absolute atomic E-state index is 13.5. The molecule has 0 unspecified atom stereocenters. The summed E-state index contributed by atoms with van der Waals surface area (Å²) < 4.78 is 18.7. The number of aromatic amines is 1. The Labute approximate surface area is 194 Å². The molecule has 2 rings (SSSR count). The lowest BCUT2D eigenvalue weighted by atomic mass is 10.1. The van der Waals surface area contributed by atoms with E-state index in [-0.39, 0.29) is 29.8 Å². The Balaban J connectivity index is 0.00000450. The Bertz CT molecular complexity index is 832. The quantitative estimate of drug-likeness (QED) is 0.179. The molecule has 0 spiro atoms. The average Bonchev–Trinajstić information content (AvgIpc) is 3.02. The number of aromatic nitrogens is 1. The Morgan fingerprint density at radius 2 is 1.97 bits per heavy atom. The minimum atomic E-state index is -0.499. The molecule has 1 aromatic heterocycles. The lowest BCUT2D eigenvalue weighted by Crippen LogP contribution is -2.38. The maximum atomic E-state index is 13.5. The van der Waals surface area contributed by atoms with Crippen molar-refractivity contribution in [3.8, 4) is 0 Å². The molecule has 0 aliphatic carbocycles. The number of carbonyl (C=O) groups is 1. The number of carbonyl (C=O) groups excluding carboxylic acids is 1. The van der Waals surface area contributed by atoms with E-state index in [0.29, 0.717) is 26.1 Å².